The van der Waals surface area contributed by atoms with E-state index < -0.39 is 0 Å². The van der Waals surface area contributed by atoms with E-state index in [0.29, 0.717) is 23.0 Å². The summed E-state index contributed by atoms with van der Waals surface area (Å²) in [4.78, 5) is 4.51. The smallest absolute Gasteiger partial charge is 0.258 e. The van der Waals surface area contributed by atoms with E-state index in [9.17, 15) is 0 Å². The third-order valence-corrected chi connectivity index (χ3v) is 4.02. The van der Waals surface area contributed by atoms with Gasteiger partial charge in [0.2, 0.25) is 5.82 Å². The number of nitriles is 1. The van der Waals surface area contributed by atoms with Crippen LogP contribution in [0.1, 0.15) is 17.0 Å². The van der Waals surface area contributed by atoms with E-state index >= 15 is 0 Å². The highest BCUT2D eigenvalue weighted by atomic mass is 16.5. The highest BCUT2D eigenvalue weighted by Gasteiger charge is 2.16. The molecule has 1 heterocycles. The highest BCUT2D eigenvalue weighted by molar-refractivity contribution is 6.10. The Hall–Kier alpha value is -4.24. The molecule has 1 aromatic heterocycles. The maximum atomic E-state index is 8.92. The van der Waals surface area contributed by atoms with Gasteiger partial charge in [0.1, 0.15) is 5.71 Å². The van der Waals surface area contributed by atoms with Crippen LogP contribution in [-0.4, -0.2) is 15.9 Å². The fourth-order valence-electron chi connectivity index (χ4n) is 2.60. The molecule has 0 atom stereocenters. The Morgan fingerprint density at radius 1 is 0.893 bits per heavy atom. The number of nitrogens with zero attached hydrogens (tertiary/aromatic N) is 4. The molecule has 0 unspecified atom stereocenters. The fraction of sp³-hybridized carbons (Fsp3) is 0. The van der Waals surface area contributed by atoms with E-state index in [0.717, 1.165) is 16.8 Å². The van der Waals surface area contributed by atoms with E-state index in [4.69, 9.17) is 9.78 Å². The van der Waals surface area contributed by atoms with Crippen LogP contribution in [0.15, 0.2) is 94.6 Å². The Balaban J connectivity index is 1.68. The van der Waals surface area contributed by atoms with Gasteiger partial charge in [0.05, 0.1) is 17.3 Å². The molecule has 4 rings (SSSR count). The van der Waals surface area contributed by atoms with Crippen molar-refractivity contribution in [2.24, 2.45) is 5.10 Å². The van der Waals surface area contributed by atoms with Gasteiger partial charge in [0, 0.05) is 11.1 Å². The summed E-state index contributed by atoms with van der Waals surface area (Å²) in [5.74, 6) is 0.809. The average Bonchev–Trinajstić information content (AvgIpc) is 3.26. The third kappa shape index (κ3) is 3.79. The number of rotatable bonds is 5. The first-order chi connectivity index (χ1) is 13.8. The Labute approximate surface area is 161 Å². The first-order valence-electron chi connectivity index (χ1n) is 8.62. The van der Waals surface area contributed by atoms with Crippen LogP contribution < -0.4 is 5.43 Å². The number of hydrazone groups is 1. The molecule has 0 spiro atoms. The van der Waals surface area contributed by atoms with Crippen molar-refractivity contribution in [1.29, 1.82) is 5.26 Å². The molecule has 0 fully saturated rings. The second-order valence-corrected chi connectivity index (χ2v) is 5.92. The predicted octanol–water partition coefficient (Wildman–Crippen LogP) is 4.47. The predicted molar refractivity (Wildman–Crippen MR) is 107 cm³/mol. The molecule has 6 heteroatoms. The van der Waals surface area contributed by atoms with Gasteiger partial charge in [-0.25, -0.2) is 0 Å². The maximum absolute atomic E-state index is 8.92. The minimum Gasteiger partial charge on any atom is -0.334 e. The molecule has 1 N–H and O–H groups in total. The summed E-state index contributed by atoms with van der Waals surface area (Å²) < 4.78 is 5.43. The average molecular weight is 365 g/mol. The van der Waals surface area contributed by atoms with Crippen molar-refractivity contribution in [2.75, 3.05) is 5.43 Å². The van der Waals surface area contributed by atoms with E-state index in [-0.39, 0.29) is 0 Å². The molecule has 0 bridgehead atoms. The van der Waals surface area contributed by atoms with Gasteiger partial charge < -0.3 is 4.52 Å². The van der Waals surface area contributed by atoms with Crippen molar-refractivity contribution in [3.05, 3.63) is 102 Å². The van der Waals surface area contributed by atoms with Crippen LogP contribution in [0.4, 0.5) is 5.69 Å². The van der Waals surface area contributed by atoms with Crippen LogP contribution in [0, 0.1) is 11.3 Å². The summed E-state index contributed by atoms with van der Waals surface area (Å²) in [5, 5.41) is 17.5. The van der Waals surface area contributed by atoms with Crippen LogP contribution in [0.5, 0.6) is 0 Å². The summed E-state index contributed by atoms with van der Waals surface area (Å²) in [6.45, 7) is 0. The van der Waals surface area contributed by atoms with Gasteiger partial charge in [0.25, 0.3) is 5.89 Å². The highest BCUT2D eigenvalue weighted by Crippen LogP contribution is 2.18. The Morgan fingerprint density at radius 3 is 2.25 bits per heavy atom. The van der Waals surface area contributed by atoms with Crippen LogP contribution in [0.25, 0.3) is 11.5 Å². The molecule has 0 aliphatic carbocycles. The van der Waals surface area contributed by atoms with Gasteiger partial charge in [-0.1, -0.05) is 53.7 Å². The van der Waals surface area contributed by atoms with Crippen LogP contribution in [0.2, 0.25) is 0 Å². The molecule has 28 heavy (non-hydrogen) atoms. The minimum atomic E-state index is 0.381. The van der Waals surface area contributed by atoms with Gasteiger partial charge in [-0.15, -0.1) is 0 Å². The summed E-state index contributed by atoms with van der Waals surface area (Å²) in [7, 11) is 0. The molecule has 6 nitrogen and oxygen atoms in total. The second kappa shape index (κ2) is 7.98. The van der Waals surface area contributed by atoms with Gasteiger partial charge in [-0.05, 0) is 36.4 Å². The molecule has 0 amide bonds. The Bertz CT molecular complexity index is 1130. The summed E-state index contributed by atoms with van der Waals surface area (Å²) >= 11 is 0. The van der Waals surface area contributed by atoms with Crippen molar-refractivity contribution < 1.29 is 4.52 Å². The van der Waals surface area contributed by atoms with Crippen molar-refractivity contribution in [1.82, 2.24) is 10.1 Å². The fourth-order valence-corrected chi connectivity index (χ4v) is 2.60. The molecule has 0 radical (unpaired) electrons. The van der Waals surface area contributed by atoms with Crippen LogP contribution in [0.3, 0.4) is 0 Å². The second-order valence-electron chi connectivity index (χ2n) is 5.92. The molecule has 0 saturated heterocycles. The molecule has 3 aromatic carbocycles. The minimum absolute atomic E-state index is 0.381. The SMILES string of the molecule is N#Cc1ccc(N/N=C(\c2ccccc2)c2noc(-c3ccccc3)n2)cc1. The topological polar surface area (TPSA) is 87.1 Å². The lowest BCUT2D eigenvalue weighted by atomic mass is 10.1. The molecule has 134 valence electrons. The molecule has 0 aliphatic rings. The van der Waals surface area contributed by atoms with E-state index in [1.807, 2.05) is 60.7 Å². The van der Waals surface area contributed by atoms with E-state index in [1.165, 1.54) is 0 Å². The molecular weight excluding hydrogens is 350 g/mol. The van der Waals surface area contributed by atoms with Gasteiger partial charge in [-0.2, -0.15) is 15.3 Å². The number of hydrogen-bond donors (Lipinski definition) is 1. The lowest BCUT2D eigenvalue weighted by Gasteiger charge is -2.05. The monoisotopic (exact) mass is 365 g/mol. The molecule has 0 aliphatic heterocycles. The summed E-state index contributed by atoms with van der Waals surface area (Å²) in [6.07, 6.45) is 0. The number of nitrogens with one attached hydrogen (secondary N) is 1. The van der Waals surface area contributed by atoms with Crippen LogP contribution in [-0.2, 0) is 0 Å². The summed E-state index contributed by atoms with van der Waals surface area (Å²) in [5.41, 5.74) is 6.58. The lowest BCUT2D eigenvalue weighted by molar-refractivity contribution is 0.429. The quantitative estimate of drug-likeness (QED) is 0.416. The van der Waals surface area contributed by atoms with E-state index in [2.05, 4.69) is 26.7 Å². The van der Waals surface area contributed by atoms with Crippen LogP contribution >= 0.6 is 0 Å². The zero-order valence-electron chi connectivity index (χ0n) is 14.8. The zero-order valence-corrected chi connectivity index (χ0v) is 14.8. The third-order valence-electron chi connectivity index (χ3n) is 4.02. The Morgan fingerprint density at radius 2 is 1.57 bits per heavy atom. The maximum Gasteiger partial charge on any atom is 0.258 e. The Kier molecular flexibility index (Phi) is 4.90. The number of anilines is 1. The summed E-state index contributed by atoms with van der Waals surface area (Å²) in [6, 6.07) is 28.3. The standard InChI is InChI=1S/C22H15N5O/c23-15-16-11-13-19(14-12-16)25-26-20(17-7-3-1-4-8-17)21-24-22(28-27-21)18-9-5-2-6-10-18/h1-14,25H/b26-20+. The first kappa shape index (κ1) is 17.2. The normalized spacial score (nSPS) is 11.0. The number of hydrogen-bond acceptors (Lipinski definition) is 6. The first-order valence-corrected chi connectivity index (χ1v) is 8.62. The van der Waals surface area contributed by atoms with Gasteiger partial charge in [0.15, 0.2) is 0 Å². The molecule has 0 saturated carbocycles. The lowest BCUT2D eigenvalue weighted by Crippen LogP contribution is -2.08. The zero-order chi connectivity index (χ0) is 19.2. The molecule has 4 aromatic rings. The number of benzene rings is 3. The van der Waals surface area contributed by atoms with Crippen molar-refractivity contribution in [2.45, 2.75) is 0 Å². The van der Waals surface area contributed by atoms with E-state index in [1.54, 1.807) is 24.3 Å². The number of aromatic nitrogens is 2. The van der Waals surface area contributed by atoms with Crippen molar-refractivity contribution in [3.63, 3.8) is 0 Å². The molecular formula is C22H15N5O. The van der Waals surface area contributed by atoms with Crippen molar-refractivity contribution >= 4 is 11.4 Å². The van der Waals surface area contributed by atoms with Gasteiger partial charge in [-0.3, -0.25) is 5.43 Å². The van der Waals surface area contributed by atoms with Crippen molar-refractivity contribution in [3.8, 4) is 17.5 Å². The largest absolute Gasteiger partial charge is 0.334 e. The van der Waals surface area contributed by atoms with Gasteiger partial charge >= 0.3 is 0 Å².